The maximum absolute atomic E-state index is 12.4. The summed E-state index contributed by atoms with van der Waals surface area (Å²) in [6.45, 7) is 6.12. The Hall–Kier alpha value is -3.20. The van der Waals surface area contributed by atoms with Crippen LogP contribution < -0.4 is 15.4 Å². The summed E-state index contributed by atoms with van der Waals surface area (Å²) in [4.78, 5) is 25.5. The molecule has 1 fully saturated rings. The number of hydrogen-bond donors (Lipinski definition) is 1. The lowest BCUT2D eigenvalue weighted by Crippen LogP contribution is -2.57. The zero-order chi connectivity index (χ0) is 20.6. The lowest BCUT2D eigenvalue weighted by atomic mass is 10.0. The van der Waals surface area contributed by atoms with E-state index in [4.69, 9.17) is 15.5 Å². The molecule has 152 valence electrons. The number of piperazine rings is 1. The van der Waals surface area contributed by atoms with E-state index >= 15 is 0 Å². The third-order valence-corrected chi connectivity index (χ3v) is 5.05. The van der Waals surface area contributed by atoms with Gasteiger partial charge >= 0.3 is 0 Å². The highest BCUT2D eigenvalue weighted by atomic mass is 16.5. The Morgan fingerprint density at radius 2 is 1.93 bits per heavy atom. The van der Waals surface area contributed by atoms with Gasteiger partial charge in [0.05, 0.1) is 24.4 Å². The molecule has 1 aliphatic rings. The molecule has 1 saturated heterocycles. The molecule has 4 heterocycles. The van der Waals surface area contributed by atoms with Crippen molar-refractivity contribution >= 4 is 17.4 Å². The summed E-state index contributed by atoms with van der Waals surface area (Å²) >= 11 is 0. The van der Waals surface area contributed by atoms with E-state index in [0.29, 0.717) is 32.1 Å². The third kappa shape index (κ3) is 3.61. The Balaban J connectivity index is 1.60. The van der Waals surface area contributed by atoms with Gasteiger partial charge < -0.3 is 20.3 Å². The van der Waals surface area contributed by atoms with E-state index in [1.165, 1.54) is 0 Å². The van der Waals surface area contributed by atoms with E-state index in [0.717, 1.165) is 22.6 Å². The summed E-state index contributed by atoms with van der Waals surface area (Å²) in [7, 11) is 1.60. The molecular weight excluding hydrogens is 370 g/mol. The second-order valence-electron chi connectivity index (χ2n) is 7.67. The van der Waals surface area contributed by atoms with Crippen molar-refractivity contribution in [2.45, 2.75) is 19.4 Å². The van der Waals surface area contributed by atoms with Gasteiger partial charge in [0.2, 0.25) is 11.8 Å². The second kappa shape index (κ2) is 7.32. The van der Waals surface area contributed by atoms with Crippen LogP contribution in [0.15, 0.2) is 36.8 Å². The van der Waals surface area contributed by atoms with Gasteiger partial charge in [0.15, 0.2) is 5.65 Å². The summed E-state index contributed by atoms with van der Waals surface area (Å²) in [5, 5.41) is 4.40. The molecule has 9 heteroatoms. The number of amides is 1. The number of anilines is 1. The Morgan fingerprint density at radius 1 is 1.17 bits per heavy atom. The van der Waals surface area contributed by atoms with Crippen LogP contribution in [-0.4, -0.2) is 69.2 Å². The van der Waals surface area contributed by atoms with E-state index in [2.05, 4.69) is 15.0 Å². The summed E-state index contributed by atoms with van der Waals surface area (Å²) in [6.07, 6.45) is 5.35. The fourth-order valence-corrected chi connectivity index (χ4v) is 3.53. The number of methoxy groups -OCH3 is 1. The Kier molecular flexibility index (Phi) is 4.83. The van der Waals surface area contributed by atoms with Crippen LogP contribution in [0.2, 0.25) is 0 Å². The molecule has 0 saturated carbocycles. The standard InChI is InChI=1S/C20H25N7O2/c1-20(2,21)19(28)26-11-9-25(10-12-26)16-6-8-27-17(24-16)15(13-23-27)14-5-4-7-22-18(14)29-3/h4-8,13H,9-12,21H2,1-3H3. The Bertz CT molecular complexity index is 1030. The van der Waals surface area contributed by atoms with Gasteiger partial charge in [0.25, 0.3) is 0 Å². The van der Waals surface area contributed by atoms with Gasteiger partial charge in [-0.3, -0.25) is 4.79 Å². The maximum atomic E-state index is 12.4. The van der Waals surface area contributed by atoms with Crippen LogP contribution in [-0.2, 0) is 4.79 Å². The quantitative estimate of drug-likeness (QED) is 0.708. The topological polar surface area (TPSA) is 102 Å². The lowest BCUT2D eigenvalue weighted by molar-refractivity contribution is -0.136. The second-order valence-corrected chi connectivity index (χ2v) is 7.67. The van der Waals surface area contributed by atoms with Crippen LogP contribution in [0.25, 0.3) is 16.8 Å². The number of carbonyl (C=O) groups is 1. The van der Waals surface area contributed by atoms with Gasteiger partial charge in [0.1, 0.15) is 5.82 Å². The first-order valence-corrected chi connectivity index (χ1v) is 9.55. The molecule has 0 aliphatic carbocycles. The van der Waals surface area contributed by atoms with Crippen molar-refractivity contribution in [1.82, 2.24) is 24.5 Å². The molecular formula is C20H25N7O2. The van der Waals surface area contributed by atoms with E-state index in [1.54, 1.807) is 37.9 Å². The molecule has 3 aromatic heterocycles. The predicted octanol–water partition coefficient (Wildman–Crippen LogP) is 1.19. The molecule has 1 aliphatic heterocycles. The van der Waals surface area contributed by atoms with Crippen molar-refractivity contribution in [1.29, 1.82) is 0 Å². The molecule has 2 N–H and O–H groups in total. The summed E-state index contributed by atoms with van der Waals surface area (Å²) < 4.78 is 7.13. The van der Waals surface area contributed by atoms with Gasteiger partial charge in [-0.1, -0.05) is 0 Å². The molecule has 0 unspecified atom stereocenters. The van der Waals surface area contributed by atoms with Gasteiger partial charge in [-0.15, -0.1) is 0 Å². The predicted molar refractivity (Wildman–Crippen MR) is 110 cm³/mol. The monoisotopic (exact) mass is 395 g/mol. The van der Waals surface area contributed by atoms with E-state index in [9.17, 15) is 4.79 Å². The largest absolute Gasteiger partial charge is 0.481 e. The van der Waals surface area contributed by atoms with Crippen molar-refractivity contribution in [3.8, 4) is 17.0 Å². The minimum atomic E-state index is -0.853. The molecule has 29 heavy (non-hydrogen) atoms. The third-order valence-electron chi connectivity index (χ3n) is 5.05. The molecule has 9 nitrogen and oxygen atoms in total. The summed E-state index contributed by atoms with van der Waals surface area (Å²) in [6, 6.07) is 5.74. The zero-order valence-electron chi connectivity index (χ0n) is 16.9. The average molecular weight is 395 g/mol. The van der Waals surface area contributed by atoms with E-state index in [1.807, 2.05) is 29.3 Å². The number of aromatic nitrogens is 4. The number of nitrogens with zero attached hydrogens (tertiary/aromatic N) is 6. The molecule has 0 spiro atoms. The molecule has 4 rings (SSSR count). The van der Waals surface area contributed by atoms with Gasteiger partial charge in [0, 0.05) is 44.1 Å². The molecule has 0 atom stereocenters. The van der Waals surface area contributed by atoms with Crippen molar-refractivity contribution in [3.63, 3.8) is 0 Å². The Labute approximate surface area is 169 Å². The van der Waals surface area contributed by atoms with Gasteiger partial charge in [-0.05, 0) is 32.0 Å². The number of rotatable bonds is 4. The fraction of sp³-hybridized carbons (Fsp3) is 0.400. The van der Waals surface area contributed by atoms with Crippen LogP contribution in [0.5, 0.6) is 5.88 Å². The zero-order valence-corrected chi connectivity index (χ0v) is 16.9. The molecule has 1 amide bonds. The summed E-state index contributed by atoms with van der Waals surface area (Å²) in [5.74, 6) is 1.36. The number of nitrogens with two attached hydrogens (primary N) is 1. The van der Waals surface area contributed by atoms with Crippen LogP contribution in [0.4, 0.5) is 5.82 Å². The first-order chi connectivity index (χ1) is 13.9. The normalized spacial score (nSPS) is 15.0. The van der Waals surface area contributed by atoms with Crippen molar-refractivity contribution in [3.05, 3.63) is 36.8 Å². The molecule has 3 aromatic rings. The number of pyridine rings is 1. The minimum absolute atomic E-state index is 0.0256. The smallest absolute Gasteiger partial charge is 0.242 e. The molecule has 0 aromatic carbocycles. The van der Waals surface area contributed by atoms with Crippen molar-refractivity contribution in [2.75, 3.05) is 38.2 Å². The van der Waals surface area contributed by atoms with Crippen molar-refractivity contribution < 1.29 is 9.53 Å². The summed E-state index contributed by atoms with van der Waals surface area (Å²) in [5.41, 5.74) is 7.54. The van der Waals surface area contributed by atoms with Crippen LogP contribution in [0.1, 0.15) is 13.8 Å². The fourth-order valence-electron chi connectivity index (χ4n) is 3.53. The van der Waals surface area contributed by atoms with Crippen LogP contribution in [0, 0.1) is 0 Å². The first-order valence-electron chi connectivity index (χ1n) is 9.55. The number of hydrogen-bond acceptors (Lipinski definition) is 7. The van der Waals surface area contributed by atoms with E-state index < -0.39 is 5.54 Å². The van der Waals surface area contributed by atoms with E-state index in [-0.39, 0.29) is 5.91 Å². The van der Waals surface area contributed by atoms with Gasteiger partial charge in [-0.2, -0.15) is 5.10 Å². The molecule has 0 bridgehead atoms. The number of fused-ring (bicyclic) bond motifs is 1. The van der Waals surface area contributed by atoms with Crippen LogP contribution in [0.3, 0.4) is 0 Å². The SMILES string of the molecule is COc1ncccc1-c1cnn2ccc(N3CCN(C(=O)C(C)(C)N)CC3)nc12. The molecule has 0 radical (unpaired) electrons. The van der Waals surface area contributed by atoms with Crippen LogP contribution >= 0.6 is 0 Å². The Morgan fingerprint density at radius 3 is 2.62 bits per heavy atom. The number of carbonyl (C=O) groups excluding carboxylic acids is 1. The highest BCUT2D eigenvalue weighted by Gasteiger charge is 2.30. The average Bonchev–Trinajstić information content (AvgIpc) is 3.15. The minimum Gasteiger partial charge on any atom is -0.481 e. The lowest BCUT2D eigenvalue weighted by Gasteiger charge is -2.38. The van der Waals surface area contributed by atoms with Gasteiger partial charge in [-0.25, -0.2) is 14.5 Å². The highest BCUT2D eigenvalue weighted by molar-refractivity contribution is 5.85. The first kappa shape index (κ1) is 19.1. The maximum Gasteiger partial charge on any atom is 0.242 e. The highest BCUT2D eigenvalue weighted by Crippen LogP contribution is 2.31. The number of ether oxygens (including phenoxy) is 1. The van der Waals surface area contributed by atoms with Crippen molar-refractivity contribution in [2.24, 2.45) is 5.73 Å².